The number of carbonyl (C=O) groups excluding carboxylic acids is 2. The number of aryl methyl sites for hydroxylation is 1. The van der Waals surface area contributed by atoms with Crippen LogP contribution in [0.2, 0.25) is 0 Å². The van der Waals surface area contributed by atoms with Crippen LogP contribution in [0.15, 0.2) is 34.3 Å². The van der Waals surface area contributed by atoms with Crippen molar-refractivity contribution in [3.05, 3.63) is 30.1 Å². The Hall–Kier alpha value is -2.44. The van der Waals surface area contributed by atoms with E-state index in [2.05, 4.69) is 44.0 Å². The molecule has 1 aromatic heterocycles. The van der Waals surface area contributed by atoms with E-state index in [4.69, 9.17) is 0 Å². The van der Waals surface area contributed by atoms with E-state index >= 15 is 0 Å². The van der Waals surface area contributed by atoms with Gasteiger partial charge in [-0.2, -0.15) is 4.72 Å². The molecule has 0 fully saturated rings. The van der Waals surface area contributed by atoms with Crippen molar-refractivity contribution in [3.63, 3.8) is 0 Å². The van der Waals surface area contributed by atoms with Crippen LogP contribution in [0.3, 0.4) is 0 Å². The first kappa shape index (κ1) is 26.8. The summed E-state index contributed by atoms with van der Waals surface area (Å²) in [5, 5.41) is 14.7. The number of anilines is 1. The maximum atomic E-state index is 12.6. The summed E-state index contributed by atoms with van der Waals surface area (Å²) in [6.45, 7) is 8.34. The van der Waals surface area contributed by atoms with Crippen LogP contribution >= 0.6 is 11.8 Å². The monoisotopic (exact) mass is 496 g/mol. The number of hydrogen-bond acceptors (Lipinski definition) is 7. The number of amides is 2. The van der Waals surface area contributed by atoms with Crippen molar-refractivity contribution in [3.8, 4) is 0 Å². The maximum absolute atomic E-state index is 12.6. The number of carbonyl (C=O) groups is 2. The Bertz CT molecular complexity index is 1050. The lowest BCUT2D eigenvalue weighted by atomic mass is 10.2. The van der Waals surface area contributed by atoms with Crippen LogP contribution in [0.4, 0.5) is 5.69 Å². The number of benzene rings is 1. The predicted octanol–water partition coefficient (Wildman–Crippen LogP) is 2.03. The van der Waals surface area contributed by atoms with Crippen LogP contribution in [-0.4, -0.2) is 53.8 Å². The van der Waals surface area contributed by atoms with Gasteiger partial charge in [-0.1, -0.05) is 25.6 Å². The van der Waals surface area contributed by atoms with Gasteiger partial charge in [0, 0.05) is 32.1 Å². The van der Waals surface area contributed by atoms with Crippen molar-refractivity contribution >= 4 is 39.3 Å². The van der Waals surface area contributed by atoms with Crippen molar-refractivity contribution in [1.82, 2.24) is 24.8 Å². The first-order valence-electron chi connectivity index (χ1n) is 10.7. The summed E-state index contributed by atoms with van der Waals surface area (Å²) in [6, 6.07) is 4.77. The van der Waals surface area contributed by atoms with Crippen LogP contribution in [0.5, 0.6) is 0 Å². The summed E-state index contributed by atoms with van der Waals surface area (Å²) in [6.07, 6.45) is 3.27. The minimum atomic E-state index is -3.89. The Labute approximate surface area is 199 Å². The van der Waals surface area contributed by atoms with E-state index in [1.165, 1.54) is 38.1 Å². The van der Waals surface area contributed by atoms with Gasteiger partial charge in [-0.05, 0) is 49.8 Å². The Balaban J connectivity index is 1.86. The van der Waals surface area contributed by atoms with E-state index in [1.807, 2.05) is 6.26 Å². The minimum Gasteiger partial charge on any atom is -0.355 e. The fourth-order valence-corrected chi connectivity index (χ4v) is 4.82. The standard InChI is InChI=1S/C21H32N6O4S2/c1-14(2)13-27-19(24-25-21(27)32-5)7-6-12-22-20(29)15(3)26-33(30,31)18-10-8-17(9-11-18)23-16(4)28/h8-11,14-15,26H,6-7,12-13H2,1-5H3,(H,22,29)(H,23,28)/t15-/m0/s1. The Morgan fingerprint density at radius 3 is 2.36 bits per heavy atom. The molecule has 0 aliphatic rings. The zero-order chi connectivity index (χ0) is 24.6. The van der Waals surface area contributed by atoms with Gasteiger partial charge in [0.15, 0.2) is 5.16 Å². The molecule has 33 heavy (non-hydrogen) atoms. The maximum Gasteiger partial charge on any atom is 0.241 e. The molecule has 0 bridgehead atoms. The third kappa shape index (κ3) is 8.13. The first-order chi connectivity index (χ1) is 15.5. The SMILES string of the molecule is CSc1nnc(CCCNC(=O)[C@H](C)NS(=O)(=O)c2ccc(NC(C)=O)cc2)n1CC(C)C. The molecule has 1 aromatic carbocycles. The van der Waals surface area contributed by atoms with Gasteiger partial charge in [0.05, 0.1) is 10.9 Å². The van der Waals surface area contributed by atoms with Crippen LogP contribution < -0.4 is 15.4 Å². The molecule has 0 aliphatic carbocycles. The number of sulfonamides is 1. The van der Waals surface area contributed by atoms with E-state index in [0.29, 0.717) is 31.0 Å². The summed E-state index contributed by atoms with van der Waals surface area (Å²) in [4.78, 5) is 23.5. The predicted molar refractivity (Wildman–Crippen MR) is 129 cm³/mol. The topological polar surface area (TPSA) is 135 Å². The zero-order valence-electron chi connectivity index (χ0n) is 19.6. The fraction of sp³-hybridized carbons (Fsp3) is 0.524. The minimum absolute atomic E-state index is 0.00494. The first-order valence-corrected chi connectivity index (χ1v) is 13.4. The molecule has 2 aromatic rings. The van der Waals surface area contributed by atoms with Gasteiger partial charge in [0.25, 0.3) is 0 Å². The largest absolute Gasteiger partial charge is 0.355 e. The molecule has 2 rings (SSSR count). The van der Waals surface area contributed by atoms with Crippen molar-refractivity contribution in [1.29, 1.82) is 0 Å². The molecular weight excluding hydrogens is 464 g/mol. The van der Waals surface area contributed by atoms with Gasteiger partial charge in [-0.3, -0.25) is 9.59 Å². The van der Waals surface area contributed by atoms with Crippen molar-refractivity contribution in [2.75, 3.05) is 18.1 Å². The number of thioether (sulfide) groups is 1. The Kier molecular flexibility index (Phi) is 9.87. The molecule has 1 atom stereocenters. The van der Waals surface area contributed by atoms with Gasteiger partial charge >= 0.3 is 0 Å². The summed E-state index contributed by atoms with van der Waals surface area (Å²) >= 11 is 1.55. The molecule has 0 saturated carbocycles. The summed E-state index contributed by atoms with van der Waals surface area (Å²) in [7, 11) is -3.89. The second kappa shape index (κ2) is 12.1. The average Bonchev–Trinajstić information content (AvgIpc) is 3.11. The van der Waals surface area contributed by atoms with Crippen LogP contribution in [0, 0.1) is 5.92 Å². The van der Waals surface area contributed by atoms with Crippen molar-refractivity contribution in [2.24, 2.45) is 5.92 Å². The number of nitrogens with one attached hydrogen (secondary N) is 3. The molecule has 0 spiro atoms. The number of hydrogen-bond donors (Lipinski definition) is 3. The number of rotatable bonds is 12. The summed E-state index contributed by atoms with van der Waals surface area (Å²) in [5.41, 5.74) is 0.487. The summed E-state index contributed by atoms with van der Waals surface area (Å²) < 4.78 is 29.6. The van der Waals surface area contributed by atoms with Crippen molar-refractivity contribution < 1.29 is 18.0 Å². The normalized spacial score (nSPS) is 12.5. The molecule has 0 saturated heterocycles. The van der Waals surface area contributed by atoms with E-state index in [0.717, 1.165) is 17.5 Å². The van der Waals surface area contributed by atoms with Crippen LogP contribution in [0.25, 0.3) is 0 Å². The highest BCUT2D eigenvalue weighted by atomic mass is 32.2. The molecule has 2 amide bonds. The van der Waals surface area contributed by atoms with E-state index in [9.17, 15) is 18.0 Å². The highest BCUT2D eigenvalue weighted by molar-refractivity contribution is 7.98. The van der Waals surface area contributed by atoms with Gasteiger partial charge in [0.2, 0.25) is 21.8 Å². The molecule has 1 heterocycles. The molecule has 0 radical (unpaired) electrons. The zero-order valence-corrected chi connectivity index (χ0v) is 21.2. The highest BCUT2D eigenvalue weighted by Crippen LogP contribution is 2.17. The van der Waals surface area contributed by atoms with Gasteiger partial charge in [-0.25, -0.2) is 8.42 Å². The van der Waals surface area contributed by atoms with E-state index in [1.54, 1.807) is 11.8 Å². The van der Waals surface area contributed by atoms with Gasteiger partial charge < -0.3 is 15.2 Å². The molecular formula is C21H32N6O4S2. The lowest BCUT2D eigenvalue weighted by molar-refractivity contribution is -0.122. The highest BCUT2D eigenvalue weighted by Gasteiger charge is 2.22. The summed E-state index contributed by atoms with van der Waals surface area (Å²) in [5.74, 6) is 0.667. The second-order valence-corrected chi connectivity index (χ2v) is 10.5. The molecule has 0 aliphatic heterocycles. The molecule has 10 nitrogen and oxygen atoms in total. The van der Waals surface area contributed by atoms with E-state index < -0.39 is 22.0 Å². The molecule has 3 N–H and O–H groups in total. The third-order valence-electron chi connectivity index (χ3n) is 4.61. The molecule has 182 valence electrons. The number of aromatic nitrogens is 3. The Morgan fingerprint density at radius 1 is 1.12 bits per heavy atom. The molecule has 0 unspecified atom stereocenters. The fourth-order valence-electron chi connectivity index (χ4n) is 3.09. The quantitative estimate of drug-likeness (QED) is 0.302. The van der Waals surface area contributed by atoms with Crippen LogP contribution in [-0.2, 0) is 32.6 Å². The number of nitrogens with zero attached hydrogens (tertiary/aromatic N) is 3. The van der Waals surface area contributed by atoms with Crippen LogP contribution in [0.1, 0.15) is 39.9 Å². The van der Waals surface area contributed by atoms with E-state index in [-0.39, 0.29) is 10.8 Å². The van der Waals surface area contributed by atoms with Gasteiger partial charge in [-0.15, -0.1) is 10.2 Å². The average molecular weight is 497 g/mol. The Morgan fingerprint density at radius 2 is 1.79 bits per heavy atom. The molecule has 12 heteroatoms. The lowest BCUT2D eigenvalue weighted by Crippen LogP contribution is -2.45. The lowest BCUT2D eigenvalue weighted by Gasteiger charge is -2.15. The van der Waals surface area contributed by atoms with Crippen molar-refractivity contribution in [2.45, 2.75) is 63.2 Å². The third-order valence-corrected chi connectivity index (χ3v) is 6.83. The second-order valence-electron chi connectivity index (χ2n) is 8.05. The smallest absolute Gasteiger partial charge is 0.241 e. The van der Waals surface area contributed by atoms with Gasteiger partial charge in [0.1, 0.15) is 5.82 Å².